The van der Waals surface area contributed by atoms with Gasteiger partial charge in [0, 0.05) is 4.47 Å². The molecule has 0 saturated heterocycles. The van der Waals surface area contributed by atoms with Crippen LogP contribution < -0.4 is 5.32 Å². The van der Waals surface area contributed by atoms with Crippen LogP contribution in [0, 0.1) is 5.82 Å². The highest BCUT2D eigenvalue weighted by atomic mass is 79.9. The molecule has 0 aliphatic carbocycles. The molecule has 100 valence electrons. The number of benzene rings is 1. The van der Waals surface area contributed by atoms with Gasteiger partial charge < -0.3 is 14.5 Å². The molecule has 0 spiro atoms. The van der Waals surface area contributed by atoms with E-state index in [0.29, 0.717) is 4.47 Å². The lowest BCUT2D eigenvalue weighted by Crippen LogP contribution is -2.05. The van der Waals surface area contributed by atoms with Crippen molar-refractivity contribution in [3.05, 3.63) is 40.4 Å². The molecule has 2 aromatic rings. The Hall–Kier alpha value is -1.89. The fraction of sp³-hybridized carbons (Fsp3) is 0.167. The van der Waals surface area contributed by atoms with Gasteiger partial charge in [-0.3, -0.25) is 0 Å². The Morgan fingerprint density at radius 2 is 2.37 bits per heavy atom. The number of carbonyl (C=O) groups is 1. The van der Waals surface area contributed by atoms with Crippen molar-refractivity contribution >= 4 is 33.6 Å². The maximum absolute atomic E-state index is 13.5. The number of nitrogens with one attached hydrogen (secondary N) is 1. The van der Waals surface area contributed by atoms with E-state index in [1.807, 2.05) is 0 Å². The Kier molecular flexibility index (Phi) is 4.16. The summed E-state index contributed by atoms with van der Waals surface area (Å²) in [7, 11) is 0. The number of carbonyl (C=O) groups excluding carboxylic acids is 1. The molecule has 0 aliphatic rings. The molecule has 2 rings (SSSR count). The first kappa shape index (κ1) is 13.5. The Bertz CT molecular complexity index is 600. The molecule has 0 atom stereocenters. The zero-order valence-corrected chi connectivity index (χ0v) is 11.5. The third-order valence-electron chi connectivity index (χ3n) is 2.16. The summed E-state index contributed by atoms with van der Waals surface area (Å²) in [5.41, 5.74) is 0.214. The van der Waals surface area contributed by atoms with Crippen LogP contribution in [0.2, 0.25) is 0 Å². The van der Waals surface area contributed by atoms with Crippen LogP contribution in [0.3, 0.4) is 0 Å². The molecule has 0 fully saturated rings. The molecule has 0 amide bonds. The summed E-state index contributed by atoms with van der Waals surface area (Å²) in [6, 6.07) is 4.41. The molecule has 0 bridgehead atoms. The minimum atomic E-state index is -0.589. The lowest BCUT2D eigenvalue weighted by Gasteiger charge is -2.03. The van der Waals surface area contributed by atoms with Crippen molar-refractivity contribution < 1.29 is 18.3 Å². The van der Waals surface area contributed by atoms with Gasteiger partial charge in [0.15, 0.2) is 5.69 Å². The van der Waals surface area contributed by atoms with Crippen molar-refractivity contribution in [2.75, 3.05) is 11.9 Å². The lowest BCUT2D eigenvalue weighted by molar-refractivity contribution is 0.0519. The van der Waals surface area contributed by atoms with Gasteiger partial charge in [-0.1, -0.05) is 15.9 Å². The number of esters is 1. The van der Waals surface area contributed by atoms with Gasteiger partial charge >= 0.3 is 5.97 Å². The van der Waals surface area contributed by atoms with Crippen molar-refractivity contribution in [3.63, 3.8) is 0 Å². The molecule has 0 saturated carbocycles. The van der Waals surface area contributed by atoms with Crippen LogP contribution >= 0.6 is 15.9 Å². The highest BCUT2D eigenvalue weighted by Crippen LogP contribution is 2.23. The minimum Gasteiger partial charge on any atom is -0.461 e. The van der Waals surface area contributed by atoms with E-state index in [9.17, 15) is 9.18 Å². The Morgan fingerprint density at radius 3 is 3.11 bits per heavy atom. The molecule has 5 nitrogen and oxygen atoms in total. The van der Waals surface area contributed by atoms with Gasteiger partial charge in [0.1, 0.15) is 12.1 Å². The molecule has 7 heteroatoms. The second-order valence-electron chi connectivity index (χ2n) is 3.51. The minimum absolute atomic E-state index is 0.0139. The quantitative estimate of drug-likeness (QED) is 0.870. The van der Waals surface area contributed by atoms with Gasteiger partial charge in [0.05, 0.1) is 12.3 Å². The first-order valence-electron chi connectivity index (χ1n) is 5.45. The average molecular weight is 329 g/mol. The zero-order chi connectivity index (χ0) is 13.8. The Labute approximate surface area is 116 Å². The first-order valence-corrected chi connectivity index (χ1v) is 6.24. The maximum Gasteiger partial charge on any atom is 0.360 e. The number of ether oxygens (including phenoxy) is 1. The normalized spacial score (nSPS) is 10.3. The summed E-state index contributed by atoms with van der Waals surface area (Å²) < 4.78 is 24.0. The monoisotopic (exact) mass is 328 g/mol. The van der Waals surface area contributed by atoms with Crippen molar-refractivity contribution in [1.29, 1.82) is 0 Å². The summed E-state index contributed by atoms with van der Waals surface area (Å²) in [4.78, 5) is 15.2. The largest absolute Gasteiger partial charge is 0.461 e. The van der Waals surface area contributed by atoms with Crippen LogP contribution in [0.15, 0.2) is 33.4 Å². The van der Waals surface area contributed by atoms with E-state index in [0.717, 1.165) is 6.26 Å². The Morgan fingerprint density at radius 1 is 1.58 bits per heavy atom. The van der Waals surface area contributed by atoms with Gasteiger partial charge in [0.2, 0.25) is 0 Å². The van der Waals surface area contributed by atoms with Crippen molar-refractivity contribution in [1.82, 2.24) is 4.98 Å². The Balaban J connectivity index is 2.15. The first-order chi connectivity index (χ1) is 9.10. The summed E-state index contributed by atoms with van der Waals surface area (Å²) in [5, 5.41) is 2.64. The van der Waals surface area contributed by atoms with Crippen LogP contribution in [0.25, 0.3) is 0 Å². The summed E-state index contributed by atoms with van der Waals surface area (Å²) in [6.07, 6.45) is 1.15. The molecule has 1 aromatic carbocycles. The average Bonchev–Trinajstić information content (AvgIpc) is 2.83. The SMILES string of the molecule is CCOC(=O)c1coc(Nc2cc(Br)ccc2F)n1. The topological polar surface area (TPSA) is 64.4 Å². The van der Waals surface area contributed by atoms with Crippen LogP contribution in [-0.4, -0.2) is 17.6 Å². The fourth-order valence-electron chi connectivity index (χ4n) is 1.34. The van der Waals surface area contributed by atoms with Crippen LogP contribution in [0.1, 0.15) is 17.4 Å². The zero-order valence-electron chi connectivity index (χ0n) is 9.94. The number of nitrogens with zero attached hydrogens (tertiary/aromatic N) is 1. The maximum atomic E-state index is 13.5. The van der Waals surface area contributed by atoms with E-state index < -0.39 is 11.8 Å². The second-order valence-corrected chi connectivity index (χ2v) is 4.42. The fourth-order valence-corrected chi connectivity index (χ4v) is 1.70. The number of rotatable bonds is 4. The predicted octanol–water partition coefficient (Wildman–Crippen LogP) is 3.50. The summed E-state index contributed by atoms with van der Waals surface area (Å²) in [6.45, 7) is 1.93. The van der Waals surface area contributed by atoms with E-state index in [1.54, 1.807) is 13.0 Å². The van der Waals surface area contributed by atoms with E-state index in [2.05, 4.69) is 26.2 Å². The third kappa shape index (κ3) is 3.31. The number of oxazole rings is 1. The molecule has 0 radical (unpaired) electrons. The molecular formula is C12H10BrFN2O3. The smallest absolute Gasteiger partial charge is 0.360 e. The molecular weight excluding hydrogens is 319 g/mol. The van der Waals surface area contributed by atoms with Gasteiger partial charge in [0.25, 0.3) is 6.01 Å². The number of anilines is 2. The van der Waals surface area contributed by atoms with E-state index in [1.165, 1.54) is 12.1 Å². The number of hydrogen-bond donors (Lipinski definition) is 1. The third-order valence-corrected chi connectivity index (χ3v) is 2.65. The van der Waals surface area contributed by atoms with Gasteiger partial charge in [-0.15, -0.1) is 0 Å². The molecule has 0 unspecified atom stereocenters. The van der Waals surface area contributed by atoms with E-state index in [4.69, 9.17) is 9.15 Å². The second kappa shape index (κ2) is 5.83. The van der Waals surface area contributed by atoms with Crippen LogP contribution in [0.5, 0.6) is 0 Å². The standard InChI is InChI=1S/C12H10BrFN2O3/c1-2-18-11(17)10-6-19-12(16-10)15-9-5-7(13)3-4-8(9)14/h3-6H,2H2,1H3,(H,15,16). The lowest BCUT2D eigenvalue weighted by atomic mass is 10.3. The summed E-state index contributed by atoms with van der Waals surface area (Å²) in [5.74, 6) is -1.05. The predicted molar refractivity (Wildman–Crippen MR) is 69.8 cm³/mol. The number of halogens is 2. The highest BCUT2D eigenvalue weighted by molar-refractivity contribution is 9.10. The summed E-state index contributed by atoms with van der Waals surface area (Å²) >= 11 is 3.23. The molecule has 0 aliphatic heterocycles. The van der Waals surface area contributed by atoms with Crippen molar-refractivity contribution in [3.8, 4) is 0 Å². The van der Waals surface area contributed by atoms with Crippen LogP contribution in [0.4, 0.5) is 16.1 Å². The van der Waals surface area contributed by atoms with E-state index >= 15 is 0 Å². The number of aromatic nitrogens is 1. The van der Waals surface area contributed by atoms with E-state index in [-0.39, 0.29) is 24.0 Å². The molecule has 19 heavy (non-hydrogen) atoms. The van der Waals surface area contributed by atoms with Crippen LogP contribution in [-0.2, 0) is 4.74 Å². The molecule has 1 N–H and O–H groups in total. The van der Waals surface area contributed by atoms with Crippen molar-refractivity contribution in [2.24, 2.45) is 0 Å². The molecule has 1 heterocycles. The van der Waals surface area contributed by atoms with Gasteiger partial charge in [-0.05, 0) is 25.1 Å². The van der Waals surface area contributed by atoms with Gasteiger partial charge in [-0.2, -0.15) is 4.98 Å². The van der Waals surface area contributed by atoms with Crippen molar-refractivity contribution in [2.45, 2.75) is 6.92 Å². The highest BCUT2D eigenvalue weighted by Gasteiger charge is 2.14. The van der Waals surface area contributed by atoms with Gasteiger partial charge in [-0.25, -0.2) is 9.18 Å². The number of hydrogen-bond acceptors (Lipinski definition) is 5. The molecule has 1 aromatic heterocycles.